The molecule has 2 N–H and O–H groups in total. The average Bonchev–Trinajstić information content (AvgIpc) is 2.27. The summed E-state index contributed by atoms with van der Waals surface area (Å²) in [6, 6.07) is 3.20. The van der Waals surface area contributed by atoms with Crippen LogP contribution in [-0.2, 0) is 0 Å². The Morgan fingerprint density at radius 2 is 1.73 bits per heavy atom. The van der Waals surface area contributed by atoms with Crippen molar-refractivity contribution < 1.29 is 19.8 Å². The molecule has 0 aliphatic rings. The highest BCUT2D eigenvalue weighted by Gasteiger charge is 2.16. The smallest absolute Gasteiger partial charge is 0.170 e. The van der Waals surface area contributed by atoms with Crippen LogP contribution in [0, 0.1) is 0 Å². The first-order valence-electron chi connectivity index (χ1n) is 4.28. The molecule has 0 saturated carbocycles. The number of benzene rings is 1. The Bertz CT molecular complexity index is 387. The molecule has 0 radical (unpaired) electrons. The highest BCUT2D eigenvalue weighted by molar-refractivity contribution is 6.03. The number of nitrogens with zero attached hydrogens (tertiary/aromatic N) is 1. The second kappa shape index (κ2) is 4.54. The molecule has 1 aromatic carbocycles. The number of ether oxygens (including phenoxy) is 2. The number of phenols is 1. The van der Waals surface area contributed by atoms with Crippen molar-refractivity contribution in [2.75, 3.05) is 14.2 Å². The molecule has 0 aliphatic carbocycles. The molecule has 0 fully saturated rings. The summed E-state index contributed by atoms with van der Waals surface area (Å²) in [5.74, 6) is 0.615. The molecule has 0 aromatic heterocycles. The minimum absolute atomic E-state index is 0.104. The zero-order valence-corrected chi connectivity index (χ0v) is 8.81. The van der Waals surface area contributed by atoms with E-state index in [1.54, 1.807) is 19.1 Å². The molecule has 1 rings (SSSR count). The number of rotatable bonds is 3. The Hall–Kier alpha value is -1.91. The third kappa shape index (κ3) is 1.96. The zero-order chi connectivity index (χ0) is 11.4. The SMILES string of the molecule is COc1ccc(OC)c(/C(C)=N/O)c1O. The lowest BCUT2D eigenvalue weighted by Crippen LogP contribution is -2.01. The Morgan fingerprint density at radius 1 is 1.20 bits per heavy atom. The van der Waals surface area contributed by atoms with E-state index in [0.717, 1.165) is 0 Å². The van der Waals surface area contributed by atoms with Gasteiger partial charge in [0.2, 0.25) is 0 Å². The molecule has 0 heterocycles. The van der Waals surface area contributed by atoms with E-state index >= 15 is 0 Å². The molecule has 0 unspecified atom stereocenters. The van der Waals surface area contributed by atoms with Gasteiger partial charge < -0.3 is 19.8 Å². The third-order valence-electron chi connectivity index (χ3n) is 2.05. The van der Waals surface area contributed by atoms with Crippen molar-refractivity contribution in [1.82, 2.24) is 0 Å². The van der Waals surface area contributed by atoms with Crippen LogP contribution in [0.25, 0.3) is 0 Å². The van der Waals surface area contributed by atoms with Crippen molar-refractivity contribution >= 4 is 5.71 Å². The minimum atomic E-state index is -0.104. The third-order valence-corrected chi connectivity index (χ3v) is 2.05. The van der Waals surface area contributed by atoms with Crippen molar-refractivity contribution in [2.24, 2.45) is 5.16 Å². The normalized spacial score (nSPS) is 11.3. The van der Waals surface area contributed by atoms with E-state index in [-0.39, 0.29) is 11.5 Å². The number of oxime groups is 1. The number of hydrogen-bond donors (Lipinski definition) is 2. The number of aromatic hydroxyl groups is 1. The highest BCUT2D eigenvalue weighted by atomic mass is 16.5. The van der Waals surface area contributed by atoms with Crippen LogP contribution in [0.4, 0.5) is 0 Å². The van der Waals surface area contributed by atoms with Gasteiger partial charge in [0.25, 0.3) is 0 Å². The molecular weight excluding hydrogens is 198 g/mol. The Morgan fingerprint density at radius 3 is 2.20 bits per heavy atom. The lowest BCUT2D eigenvalue weighted by atomic mass is 10.1. The Labute approximate surface area is 87.6 Å². The van der Waals surface area contributed by atoms with Crippen molar-refractivity contribution in [3.8, 4) is 17.2 Å². The molecule has 0 aliphatic heterocycles. The summed E-state index contributed by atoms with van der Waals surface area (Å²) in [6.07, 6.45) is 0. The lowest BCUT2D eigenvalue weighted by Gasteiger charge is -2.12. The summed E-state index contributed by atoms with van der Waals surface area (Å²) in [5, 5.41) is 21.5. The fraction of sp³-hybridized carbons (Fsp3) is 0.300. The molecule has 1 aromatic rings. The minimum Gasteiger partial charge on any atom is -0.504 e. The van der Waals surface area contributed by atoms with Gasteiger partial charge in [0.15, 0.2) is 11.5 Å². The molecule has 0 amide bonds. The summed E-state index contributed by atoms with van der Waals surface area (Å²) in [5.41, 5.74) is 0.572. The maximum Gasteiger partial charge on any atom is 0.170 e. The topological polar surface area (TPSA) is 71.3 Å². The summed E-state index contributed by atoms with van der Waals surface area (Å²) in [4.78, 5) is 0. The zero-order valence-electron chi connectivity index (χ0n) is 8.81. The van der Waals surface area contributed by atoms with Gasteiger partial charge in [-0.1, -0.05) is 5.16 Å². The standard InChI is InChI=1S/C10H13NO4/c1-6(11-13)9-7(14-2)4-5-8(15-3)10(9)12/h4-5,12-13H,1-3H3/b11-6+. The van der Waals surface area contributed by atoms with Crippen LogP contribution in [0.2, 0.25) is 0 Å². The van der Waals surface area contributed by atoms with Gasteiger partial charge in [-0.25, -0.2) is 0 Å². The van der Waals surface area contributed by atoms with Crippen molar-refractivity contribution in [3.63, 3.8) is 0 Å². The van der Waals surface area contributed by atoms with E-state index in [1.165, 1.54) is 14.2 Å². The van der Waals surface area contributed by atoms with Crippen LogP contribution < -0.4 is 9.47 Å². The molecule has 0 atom stereocenters. The number of methoxy groups -OCH3 is 2. The van der Waals surface area contributed by atoms with Gasteiger partial charge in [-0.05, 0) is 19.1 Å². The van der Waals surface area contributed by atoms with E-state index in [4.69, 9.17) is 14.7 Å². The van der Waals surface area contributed by atoms with Crippen LogP contribution in [0.5, 0.6) is 17.2 Å². The quantitative estimate of drug-likeness (QED) is 0.452. The highest BCUT2D eigenvalue weighted by Crippen LogP contribution is 2.36. The van der Waals surface area contributed by atoms with Crippen molar-refractivity contribution in [3.05, 3.63) is 17.7 Å². The number of phenolic OH excluding ortho intramolecular Hbond substituents is 1. The largest absolute Gasteiger partial charge is 0.504 e. The van der Waals surface area contributed by atoms with E-state index in [9.17, 15) is 5.11 Å². The molecule has 5 nitrogen and oxygen atoms in total. The molecule has 15 heavy (non-hydrogen) atoms. The number of hydrogen-bond acceptors (Lipinski definition) is 5. The summed E-state index contributed by atoms with van der Waals surface area (Å²) in [7, 11) is 2.91. The maximum absolute atomic E-state index is 9.81. The van der Waals surface area contributed by atoms with Crippen LogP contribution in [0.3, 0.4) is 0 Å². The van der Waals surface area contributed by atoms with Gasteiger partial charge >= 0.3 is 0 Å². The van der Waals surface area contributed by atoms with Crippen molar-refractivity contribution in [1.29, 1.82) is 0 Å². The van der Waals surface area contributed by atoms with Crippen LogP contribution in [0.1, 0.15) is 12.5 Å². The summed E-state index contributed by atoms with van der Waals surface area (Å²) in [6.45, 7) is 1.55. The second-order valence-corrected chi connectivity index (χ2v) is 2.88. The predicted octanol–water partition coefficient (Wildman–Crippen LogP) is 1.61. The molecule has 5 heteroatoms. The first kappa shape index (κ1) is 11.2. The molecule has 0 saturated heterocycles. The molecule has 0 bridgehead atoms. The van der Waals surface area contributed by atoms with E-state index in [2.05, 4.69) is 5.16 Å². The van der Waals surface area contributed by atoms with Gasteiger partial charge in [-0.15, -0.1) is 0 Å². The van der Waals surface area contributed by atoms with Gasteiger partial charge in [0.05, 0.1) is 25.5 Å². The van der Waals surface area contributed by atoms with E-state index in [0.29, 0.717) is 17.1 Å². The summed E-state index contributed by atoms with van der Waals surface area (Å²) >= 11 is 0. The lowest BCUT2D eigenvalue weighted by molar-refractivity contribution is 0.317. The van der Waals surface area contributed by atoms with Crippen LogP contribution >= 0.6 is 0 Å². The molecule has 0 spiro atoms. The predicted molar refractivity (Wildman–Crippen MR) is 55.2 cm³/mol. The Kier molecular flexibility index (Phi) is 3.38. The van der Waals surface area contributed by atoms with Gasteiger partial charge in [0.1, 0.15) is 5.75 Å². The van der Waals surface area contributed by atoms with Gasteiger partial charge in [0, 0.05) is 0 Å². The van der Waals surface area contributed by atoms with E-state index in [1.807, 2.05) is 0 Å². The Balaban J connectivity index is 3.42. The maximum atomic E-state index is 9.81. The van der Waals surface area contributed by atoms with E-state index < -0.39 is 0 Å². The fourth-order valence-electron chi connectivity index (χ4n) is 1.29. The van der Waals surface area contributed by atoms with Gasteiger partial charge in [-0.3, -0.25) is 0 Å². The summed E-state index contributed by atoms with van der Waals surface area (Å²) < 4.78 is 9.98. The van der Waals surface area contributed by atoms with Gasteiger partial charge in [-0.2, -0.15) is 0 Å². The van der Waals surface area contributed by atoms with Crippen molar-refractivity contribution in [2.45, 2.75) is 6.92 Å². The first-order valence-corrected chi connectivity index (χ1v) is 4.28. The average molecular weight is 211 g/mol. The van der Waals surface area contributed by atoms with Crippen LogP contribution in [-0.4, -0.2) is 30.2 Å². The fourth-order valence-corrected chi connectivity index (χ4v) is 1.29. The first-order chi connectivity index (χ1) is 7.15. The molecule has 82 valence electrons. The monoisotopic (exact) mass is 211 g/mol. The van der Waals surface area contributed by atoms with Crippen LogP contribution in [0.15, 0.2) is 17.3 Å². The molecular formula is C10H13NO4. The second-order valence-electron chi connectivity index (χ2n) is 2.88.